The number of methoxy groups -OCH3 is 3. The van der Waals surface area contributed by atoms with E-state index in [1.54, 1.807) is 27.4 Å². The zero-order valence-electron chi connectivity index (χ0n) is 18.1. The Hall–Kier alpha value is -3.03. The van der Waals surface area contributed by atoms with E-state index >= 15 is 0 Å². The highest BCUT2D eigenvalue weighted by atomic mass is 16.5. The average Bonchev–Trinajstić information content (AvgIpc) is 3.08. The van der Waals surface area contributed by atoms with Gasteiger partial charge in [-0.1, -0.05) is 6.07 Å². The van der Waals surface area contributed by atoms with Crippen molar-refractivity contribution in [2.75, 3.05) is 65.6 Å². The van der Waals surface area contributed by atoms with Crippen LogP contribution in [0.5, 0.6) is 17.2 Å². The third kappa shape index (κ3) is 3.16. The second kappa shape index (κ2) is 7.90. The van der Waals surface area contributed by atoms with Crippen LogP contribution in [-0.2, 0) is 4.74 Å². The van der Waals surface area contributed by atoms with E-state index in [2.05, 4.69) is 11.0 Å². The number of carbonyl (C=O) groups is 1. The van der Waals surface area contributed by atoms with Gasteiger partial charge in [-0.25, -0.2) is 0 Å². The first-order valence-electron chi connectivity index (χ1n) is 10.5. The van der Waals surface area contributed by atoms with Crippen molar-refractivity contribution in [2.45, 2.75) is 0 Å². The number of rotatable bonds is 6. The molecular formula is C24H26N2O5. The standard InChI is InChI=1S/C24H26N2O5/c1-28-16-5-4-15-12-19-21-18(14-20(29-2)23(30-3)22(21)17(15)13-16)24(27)26(19)7-6-25-8-10-31-11-9-25/h4-5,12-14H,6-11H2,1-3H3. The lowest BCUT2D eigenvalue weighted by Gasteiger charge is -2.28. The van der Waals surface area contributed by atoms with Gasteiger partial charge in [0, 0.05) is 37.0 Å². The van der Waals surface area contributed by atoms with Crippen molar-refractivity contribution in [3.63, 3.8) is 0 Å². The Morgan fingerprint density at radius 2 is 1.74 bits per heavy atom. The van der Waals surface area contributed by atoms with Gasteiger partial charge in [0.25, 0.3) is 5.91 Å². The molecule has 3 aromatic carbocycles. The van der Waals surface area contributed by atoms with Crippen LogP contribution < -0.4 is 19.1 Å². The third-order valence-corrected chi connectivity index (χ3v) is 6.26. The summed E-state index contributed by atoms with van der Waals surface area (Å²) < 4.78 is 22.3. The Labute approximate surface area is 181 Å². The maximum absolute atomic E-state index is 13.5. The van der Waals surface area contributed by atoms with Gasteiger partial charge in [-0.2, -0.15) is 0 Å². The van der Waals surface area contributed by atoms with Crippen LogP contribution in [0.4, 0.5) is 5.69 Å². The van der Waals surface area contributed by atoms with Crippen LogP contribution in [0.2, 0.25) is 0 Å². The maximum Gasteiger partial charge on any atom is 0.259 e. The highest BCUT2D eigenvalue weighted by molar-refractivity contribution is 6.31. The Morgan fingerprint density at radius 3 is 2.45 bits per heavy atom. The first-order valence-corrected chi connectivity index (χ1v) is 10.5. The molecule has 0 saturated carbocycles. The second-order valence-electron chi connectivity index (χ2n) is 7.80. The summed E-state index contributed by atoms with van der Waals surface area (Å²) in [5, 5.41) is 3.78. The molecule has 3 aromatic rings. The average molecular weight is 422 g/mol. The maximum atomic E-state index is 13.5. The minimum absolute atomic E-state index is 0.00326. The fourth-order valence-electron chi connectivity index (χ4n) is 4.67. The molecule has 7 heteroatoms. The number of benzene rings is 3. The van der Waals surface area contributed by atoms with Gasteiger partial charge in [-0.05, 0) is 35.0 Å². The minimum atomic E-state index is -0.00326. The van der Waals surface area contributed by atoms with Crippen molar-refractivity contribution in [1.82, 2.24) is 4.90 Å². The lowest BCUT2D eigenvalue weighted by Crippen LogP contribution is -2.42. The highest BCUT2D eigenvalue weighted by Crippen LogP contribution is 2.49. The summed E-state index contributed by atoms with van der Waals surface area (Å²) >= 11 is 0. The van der Waals surface area contributed by atoms with Crippen molar-refractivity contribution >= 4 is 33.1 Å². The van der Waals surface area contributed by atoms with Crippen molar-refractivity contribution in [3.8, 4) is 17.2 Å². The van der Waals surface area contributed by atoms with Crippen LogP contribution in [0.1, 0.15) is 10.4 Å². The summed E-state index contributed by atoms with van der Waals surface area (Å²) in [5.41, 5.74) is 1.57. The number of ether oxygens (including phenoxy) is 4. The molecule has 162 valence electrons. The molecule has 7 nitrogen and oxygen atoms in total. The number of anilines is 1. The van der Waals surface area contributed by atoms with Gasteiger partial charge < -0.3 is 23.8 Å². The van der Waals surface area contributed by atoms with Gasteiger partial charge in [-0.3, -0.25) is 9.69 Å². The number of hydrogen-bond acceptors (Lipinski definition) is 6. The molecule has 1 fully saturated rings. The molecule has 0 unspecified atom stereocenters. The van der Waals surface area contributed by atoms with Crippen LogP contribution in [0.3, 0.4) is 0 Å². The lowest BCUT2D eigenvalue weighted by atomic mass is 9.97. The van der Waals surface area contributed by atoms with E-state index in [0.29, 0.717) is 23.6 Å². The molecule has 0 atom stereocenters. The van der Waals surface area contributed by atoms with Crippen molar-refractivity contribution in [3.05, 3.63) is 35.9 Å². The minimum Gasteiger partial charge on any atom is -0.497 e. The molecule has 31 heavy (non-hydrogen) atoms. The molecule has 0 aliphatic carbocycles. The number of fused-ring (bicyclic) bond motifs is 2. The Bertz CT molecular complexity index is 1170. The van der Waals surface area contributed by atoms with E-state index in [9.17, 15) is 4.79 Å². The molecule has 1 amide bonds. The lowest BCUT2D eigenvalue weighted by molar-refractivity contribution is 0.0391. The van der Waals surface area contributed by atoms with Crippen molar-refractivity contribution < 1.29 is 23.7 Å². The van der Waals surface area contributed by atoms with Crippen molar-refractivity contribution in [2.24, 2.45) is 0 Å². The number of carbonyl (C=O) groups excluding carboxylic acids is 1. The molecule has 2 heterocycles. The number of nitrogens with zero attached hydrogens (tertiary/aromatic N) is 2. The largest absolute Gasteiger partial charge is 0.497 e. The summed E-state index contributed by atoms with van der Waals surface area (Å²) in [7, 11) is 4.88. The van der Waals surface area contributed by atoms with E-state index in [1.165, 1.54) is 0 Å². The molecule has 1 saturated heterocycles. The quantitative estimate of drug-likeness (QED) is 0.568. The summed E-state index contributed by atoms with van der Waals surface area (Å²) in [6.07, 6.45) is 0. The molecule has 2 aliphatic rings. The molecule has 0 bridgehead atoms. The predicted octanol–water partition coefficient (Wildman–Crippen LogP) is 3.31. The van der Waals surface area contributed by atoms with Crippen molar-refractivity contribution in [1.29, 1.82) is 0 Å². The van der Waals surface area contributed by atoms with E-state index in [1.807, 2.05) is 23.1 Å². The summed E-state index contributed by atoms with van der Waals surface area (Å²) in [6, 6.07) is 9.83. The van der Waals surface area contributed by atoms with E-state index in [4.69, 9.17) is 18.9 Å². The SMILES string of the molecule is COc1ccc2cc3c4c(cc(OC)c(OC)c4c2c1)C(=O)N3CCN1CCOCC1. The van der Waals surface area contributed by atoms with E-state index in [0.717, 1.165) is 65.8 Å². The highest BCUT2D eigenvalue weighted by Gasteiger charge is 2.34. The van der Waals surface area contributed by atoms with Crippen LogP contribution in [0.15, 0.2) is 30.3 Å². The molecular weight excluding hydrogens is 396 g/mol. The fourth-order valence-corrected chi connectivity index (χ4v) is 4.67. The van der Waals surface area contributed by atoms with Crippen LogP contribution >= 0.6 is 0 Å². The zero-order chi connectivity index (χ0) is 21.5. The smallest absolute Gasteiger partial charge is 0.259 e. The summed E-state index contributed by atoms with van der Waals surface area (Å²) in [6.45, 7) is 4.69. The topological polar surface area (TPSA) is 60.5 Å². The summed E-state index contributed by atoms with van der Waals surface area (Å²) in [4.78, 5) is 17.7. The number of amides is 1. The van der Waals surface area contributed by atoms with Crippen LogP contribution in [-0.4, -0.2) is 71.5 Å². The predicted molar refractivity (Wildman–Crippen MR) is 120 cm³/mol. The zero-order valence-corrected chi connectivity index (χ0v) is 18.1. The Kier molecular flexibility index (Phi) is 5.08. The third-order valence-electron chi connectivity index (χ3n) is 6.26. The fraction of sp³-hybridized carbons (Fsp3) is 0.375. The first kappa shape index (κ1) is 19.9. The summed E-state index contributed by atoms with van der Waals surface area (Å²) in [5.74, 6) is 1.93. The molecule has 5 rings (SSSR count). The molecule has 0 aromatic heterocycles. The van der Waals surface area contributed by atoms with E-state index in [-0.39, 0.29) is 5.91 Å². The second-order valence-corrected chi connectivity index (χ2v) is 7.80. The monoisotopic (exact) mass is 422 g/mol. The molecule has 0 spiro atoms. The number of morpholine rings is 1. The van der Waals surface area contributed by atoms with E-state index < -0.39 is 0 Å². The van der Waals surface area contributed by atoms with Crippen LogP contribution in [0.25, 0.3) is 21.5 Å². The molecule has 2 aliphatic heterocycles. The van der Waals surface area contributed by atoms with Gasteiger partial charge in [0.05, 0.1) is 45.8 Å². The first-order chi connectivity index (χ1) is 15.2. The Morgan fingerprint density at radius 1 is 0.935 bits per heavy atom. The van der Waals surface area contributed by atoms with Gasteiger partial charge in [0.1, 0.15) is 5.75 Å². The van der Waals surface area contributed by atoms with Crippen LogP contribution in [0, 0.1) is 0 Å². The van der Waals surface area contributed by atoms with Gasteiger partial charge in [0.15, 0.2) is 11.5 Å². The van der Waals surface area contributed by atoms with Gasteiger partial charge in [0.2, 0.25) is 0 Å². The van der Waals surface area contributed by atoms with Gasteiger partial charge in [-0.15, -0.1) is 0 Å². The van der Waals surface area contributed by atoms with Gasteiger partial charge >= 0.3 is 0 Å². The number of hydrogen-bond donors (Lipinski definition) is 0. The normalized spacial score (nSPS) is 16.4. The molecule has 0 radical (unpaired) electrons. The Balaban J connectivity index is 1.69. The molecule has 0 N–H and O–H groups in total.